The van der Waals surface area contributed by atoms with Crippen molar-refractivity contribution in [2.45, 2.75) is 6.92 Å². The summed E-state index contributed by atoms with van der Waals surface area (Å²) < 4.78 is 0. The van der Waals surface area contributed by atoms with Crippen LogP contribution < -0.4 is 10.6 Å². The fourth-order valence-corrected chi connectivity index (χ4v) is 1.22. The highest BCUT2D eigenvalue weighted by Crippen LogP contribution is 2.24. The second kappa shape index (κ2) is 4.39. The third kappa shape index (κ3) is 2.29. The molecule has 1 rings (SSSR count). The molecule has 0 amide bonds. The first-order valence-corrected chi connectivity index (χ1v) is 4.59. The number of pyridine rings is 1. The van der Waals surface area contributed by atoms with Gasteiger partial charge in [0, 0.05) is 7.05 Å². The van der Waals surface area contributed by atoms with Crippen LogP contribution >= 0.6 is 23.8 Å². The minimum atomic E-state index is 0.623. The molecular formula is C8H10ClN3S. The molecular weight excluding hydrogens is 206 g/mol. The standard InChI is InChI=1S/C8H10ClN3S/c1-5-6(9)3-7(11-4-13)8(10-2)12-5/h3-4H,1-2H3,(H,10,12)(H,11,13). The van der Waals surface area contributed by atoms with E-state index < -0.39 is 0 Å². The summed E-state index contributed by atoms with van der Waals surface area (Å²) in [5, 5.41) is 6.45. The molecule has 0 aliphatic heterocycles. The van der Waals surface area contributed by atoms with Crippen LogP contribution in [0.3, 0.4) is 0 Å². The minimum Gasteiger partial charge on any atom is -0.371 e. The lowest BCUT2D eigenvalue weighted by Crippen LogP contribution is -2.02. The third-order valence-electron chi connectivity index (χ3n) is 1.60. The van der Waals surface area contributed by atoms with E-state index in [1.807, 2.05) is 6.92 Å². The first-order chi connectivity index (χ1) is 6.19. The number of nitrogens with zero attached hydrogens (tertiary/aromatic N) is 1. The Bertz CT molecular complexity index is 327. The van der Waals surface area contributed by atoms with Crippen molar-refractivity contribution in [1.29, 1.82) is 0 Å². The highest BCUT2D eigenvalue weighted by molar-refractivity contribution is 7.79. The number of hydrogen-bond acceptors (Lipinski definition) is 3. The summed E-state index contributed by atoms with van der Waals surface area (Å²) in [6.45, 7) is 1.85. The maximum atomic E-state index is 5.90. The maximum absolute atomic E-state index is 5.90. The topological polar surface area (TPSA) is 37.0 Å². The van der Waals surface area contributed by atoms with E-state index in [1.165, 1.54) is 5.49 Å². The van der Waals surface area contributed by atoms with Crippen LogP contribution in [-0.2, 0) is 0 Å². The zero-order valence-electron chi connectivity index (χ0n) is 7.39. The average molecular weight is 216 g/mol. The summed E-state index contributed by atoms with van der Waals surface area (Å²) in [6, 6.07) is 1.79. The molecule has 2 N–H and O–H groups in total. The Labute approximate surface area is 87.5 Å². The highest BCUT2D eigenvalue weighted by Gasteiger charge is 2.04. The van der Waals surface area contributed by atoms with Crippen LogP contribution in [0.4, 0.5) is 11.5 Å². The summed E-state index contributed by atoms with van der Waals surface area (Å²) >= 11 is 10.6. The van der Waals surface area contributed by atoms with Crippen LogP contribution in [0.2, 0.25) is 5.02 Å². The molecule has 0 aliphatic rings. The van der Waals surface area contributed by atoms with Crippen molar-refractivity contribution in [3.63, 3.8) is 0 Å². The van der Waals surface area contributed by atoms with Crippen molar-refractivity contribution >= 4 is 40.8 Å². The van der Waals surface area contributed by atoms with E-state index in [9.17, 15) is 0 Å². The van der Waals surface area contributed by atoms with Gasteiger partial charge < -0.3 is 10.6 Å². The Kier molecular flexibility index (Phi) is 3.45. The summed E-state index contributed by atoms with van der Waals surface area (Å²) in [5.74, 6) is 0.739. The first kappa shape index (κ1) is 10.2. The molecule has 0 unspecified atom stereocenters. The average Bonchev–Trinajstić information content (AvgIpc) is 2.11. The Balaban J connectivity index is 3.15. The molecule has 70 valence electrons. The Hall–Kier alpha value is -0.870. The van der Waals surface area contributed by atoms with Gasteiger partial charge in [-0.1, -0.05) is 23.8 Å². The predicted molar refractivity (Wildman–Crippen MR) is 60.8 cm³/mol. The van der Waals surface area contributed by atoms with Crippen molar-refractivity contribution in [2.24, 2.45) is 0 Å². The number of anilines is 2. The molecule has 0 fully saturated rings. The number of aromatic nitrogens is 1. The number of nitrogens with one attached hydrogen (secondary N) is 2. The van der Waals surface area contributed by atoms with Crippen molar-refractivity contribution in [3.05, 3.63) is 16.8 Å². The normalized spacial score (nSPS) is 9.46. The van der Waals surface area contributed by atoms with Gasteiger partial charge in [-0.25, -0.2) is 4.98 Å². The molecule has 1 aromatic heterocycles. The zero-order valence-corrected chi connectivity index (χ0v) is 8.96. The molecule has 3 nitrogen and oxygen atoms in total. The molecule has 0 radical (unpaired) electrons. The van der Waals surface area contributed by atoms with Gasteiger partial charge in [-0.3, -0.25) is 0 Å². The molecule has 0 saturated carbocycles. The first-order valence-electron chi connectivity index (χ1n) is 3.74. The monoisotopic (exact) mass is 215 g/mol. The van der Waals surface area contributed by atoms with Crippen LogP contribution in [-0.4, -0.2) is 17.5 Å². The summed E-state index contributed by atoms with van der Waals surface area (Å²) in [7, 11) is 1.80. The Morgan fingerprint density at radius 3 is 2.85 bits per heavy atom. The van der Waals surface area contributed by atoms with Gasteiger partial charge in [0.25, 0.3) is 0 Å². The van der Waals surface area contributed by atoms with E-state index in [1.54, 1.807) is 13.1 Å². The second-order valence-electron chi connectivity index (χ2n) is 2.46. The van der Waals surface area contributed by atoms with Crippen LogP contribution in [0, 0.1) is 6.92 Å². The Morgan fingerprint density at radius 2 is 2.31 bits per heavy atom. The van der Waals surface area contributed by atoms with E-state index in [0.29, 0.717) is 5.02 Å². The molecule has 0 bridgehead atoms. The quantitative estimate of drug-likeness (QED) is 0.760. The van der Waals surface area contributed by atoms with E-state index >= 15 is 0 Å². The Morgan fingerprint density at radius 1 is 1.62 bits per heavy atom. The van der Waals surface area contributed by atoms with Crippen LogP contribution in [0.5, 0.6) is 0 Å². The lowest BCUT2D eigenvalue weighted by atomic mass is 10.3. The van der Waals surface area contributed by atoms with Crippen molar-refractivity contribution in [1.82, 2.24) is 4.98 Å². The van der Waals surface area contributed by atoms with Crippen LogP contribution in [0.25, 0.3) is 0 Å². The van der Waals surface area contributed by atoms with E-state index in [0.717, 1.165) is 17.2 Å². The minimum absolute atomic E-state index is 0.623. The second-order valence-corrected chi connectivity index (χ2v) is 3.11. The lowest BCUT2D eigenvalue weighted by molar-refractivity contribution is 1.19. The van der Waals surface area contributed by atoms with E-state index in [4.69, 9.17) is 11.6 Å². The van der Waals surface area contributed by atoms with Gasteiger partial charge in [-0.05, 0) is 13.0 Å². The van der Waals surface area contributed by atoms with Crippen molar-refractivity contribution in [2.75, 3.05) is 17.7 Å². The number of hydrogen-bond donors (Lipinski definition) is 2. The summed E-state index contributed by atoms with van der Waals surface area (Å²) in [6.07, 6.45) is 0. The number of aryl methyl sites for hydroxylation is 1. The third-order valence-corrected chi connectivity index (χ3v) is 2.10. The lowest BCUT2D eigenvalue weighted by Gasteiger charge is -2.09. The van der Waals surface area contributed by atoms with Crippen LogP contribution in [0.1, 0.15) is 5.69 Å². The molecule has 5 heteroatoms. The van der Waals surface area contributed by atoms with Gasteiger partial charge in [-0.15, -0.1) is 0 Å². The molecule has 0 aromatic carbocycles. The summed E-state index contributed by atoms with van der Waals surface area (Å²) in [4.78, 5) is 4.24. The molecule has 0 atom stereocenters. The van der Waals surface area contributed by atoms with E-state index in [-0.39, 0.29) is 0 Å². The largest absolute Gasteiger partial charge is 0.371 e. The number of halogens is 1. The summed E-state index contributed by atoms with van der Waals surface area (Å²) in [5.41, 5.74) is 3.00. The smallest absolute Gasteiger partial charge is 0.149 e. The van der Waals surface area contributed by atoms with Gasteiger partial charge in [0.15, 0.2) is 0 Å². The molecule has 1 aromatic rings. The van der Waals surface area contributed by atoms with Gasteiger partial charge in [0.05, 0.1) is 21.9 Å². The fraction of sp³-hybridized carbons (Fsp3) is 0.250. The van der Waals surface area contributed by atoms with Gasteiger partial charge in [0.2, 0.25) is 0 Å². The molecule has 1 heterocycles. The van der Waals surface area contributed by atoms with Crippen molar-refractivity contribution < 1.29 is 0 Å². The molecule has 13 heavy (non-hydrogen) atoms. The molecule has 0 aliphatic carbocycles. The zero-order chi connectivity index (χ0) is 9.84. The highest BCUT2D eigenvalue weighted by atomic mass is 35.5. The van der Waals surface area contributed by atoms with Crippen LogP contribution in [0.15, 0.2) is 6.07 Å². The maximum Gasteiger partial charge on any atom is 0.149 e. The van der Waals surface area contributed by atoms with Crippen molar-refractivity contribution in [3.8, 4) is 0 Å². The fourth-order valence-electron chi connectivity index (χ4n) is 0.945. The van der Waals surface area contributed by atoms with Gasteiger partial charge >= 0.3 is 0 Å². The van der Waals surface area contributed by atoms with Gasteiger partial charge in [-0.2, -0.15) is 0 Å². The van der Waals surface area contributed by atoms with Gasteiger partial charge in [0.1, 0.15) is 5.82 Å². The number of rotatable bonds is 3. The molecule has 0 saturated heterocycles. The van der Waals surface area contributed by atoms with E-state index in [2.05, 4.69) is 27.8 Å². The number of thiocarbonyl (C=S) groups is 1. The molecule has 0 spiro atoms. The SMILES string of the molecule is CNc1nc(C)c(Cl)cc1NC=S. The predicted octanol–water partition coefficient (Wildman–Crippen LogP) is 2.45.